The minimum atomic E-state index is -1.05. The number of Topliss-reactive ketones (excluding diaryl/α,β-unsaturated/α-hetero) is 1. The molecule has 3 amide bonds. The van der Waals surface area contributed by atoms with Crippen molar-refractivity contribution in [1.82, 2.24) is 15.5 Å². The Labute approximate surface area is 231 Å². The first-order chi connectivity index (χ1) is 18.2. The first-order valence-electron chi connectivity index (χ1n) is 13.5. The number of amides is 3. The molecular weight excluding hydrogens is 502 g/mol. The van der Waals surface area contributed by atoms with Gasteiger partial charge in [0, 0.05) is 6.54 Å². The monoisotopic (exact) mass is 545 g/mol. The molecule has 39 heavy (non-hydrogen) atoms. The number of rotatable bonds is 11. The van der Waals surface area contributed by atoms with Crippen LogP contribution < -0.4 is 10.6 Å². The Hall–Kier alpha value is -3.43. The van der Waals surface area contributed by atoms with Crippen LogP contribution in [0.25, 0.3) is 0 Å². The fourth-order valence-electron chi connectivity index (χ4n) is 4.23. The molecule has 1 fully saturated rings. The van der Waals surface area contributed by atoms with Crippen molar-refractivity contribution in [2.75, 3.05) is 6.54 Å². The summed E-state index contributed by atoms with van der Waals surface area (Å²) in [6.07, 6.45) is 0.473. The number of carbonyl (C=O) groups is 5. The number of likely N-dealkylation sites (tertiary alicyclic amines) is 1. The standard InChI is InChI=1S/C29H43N3O7/c1-18(2)16-21(25(34)31-23(19(3)4)27(36)38-17-20-12-9-8-10-13-20)30-26(35)24(33)22-14-11-15-32(22)28(37)39-29(5,6)7/h8-10,12-13,18-19,21-23H,11,14-17H2,1-7H3,(H,30,35)(H,31,34)/t21-,22?,23+/m1/s1. The predicted molar refractivity (Wildman–Crippen MR) is 145 cm³/mol. The van der Waals surface area contributed by atoms with E-state index in [0.29, 0.717) is 19.4 Å². The Bertz CT molecular complexity index is 1020. The molecule has 0 radical (unpaired) electrons. The molecule has 1 aromatic rings. The lowest BCUT2D eigenvalue weighted by Crippen LogP contribution is -2.56. The summed E-state index contributed by atoms with van der Waals surface area (Å²) in [6.45, 7) is 12.8. The Morgan fingerprint density at radius 2 is 1.64 bits per heavy atom. The number of esters is 1. The quantitative estimate of drug-likeness (QED) is 0.322. The maximum absolute atomic E-state index is 13.3. The minimum absolute atomic E-state index is 0.00317. The van der Waals surface area contributed by atoms with E-state index in [2.05, 4.69) is 10.6 Å². The van der Waals surface area contributed by atoms with Crippen LogP contribution in [0.4, 0.5) is 4.79 Å². The number of nitrogens with one attached hydrogen (secondary N) is 2. The number of ketones is 1. The molecular formula is C29H43N3O7. The molecule has 216 valence electrons. The molecule has 1 heterocycles. The molecule has 1 unspecified atom stereocenters. The molecule has 0 aromatic heterocycles. The molecule has 1 aliphatic heterocycles. The maximum atomic E-state index is 13.3. The van der Waals surface area contributed by atoms with Gasteiger partial charge in [0.2, 0.25) is 11.7 Å². The average Bonchev–Trinajstić information content (AvgIpc) is 3.34. The maximum Gasteiger partial charge on any atom is 0.410 e. The third-order valence-electron chi connectivity index (χ3n) is 6.18. The van der Waals surface area contributed by atoms with Crippen molar-refractivity contribution in [2.24, 2.45) is 11.8 Å². The Morgan fingerprint density at radius 3 is 2.21 bits per heavy atom. The smallest absolute Gasteiger partial charge is 0.410 e. The van der Waals surface area contributed by atoms with Gasteiger partial charge in [0.15, 0.2) is 0 Å². The zero-order valence-electron chi connectivity index (χ0n) is 24.1. The van der Waals surface area contributed by atoms with Crippen molar-refractivity contribution >= 4 is 29.7 Å². The lowest BCUT2D eigenvalue weighted by Gasteiger charge is -2.28. The van der Waals surface area contributed by atoms with E-state index in [1.165, 1.54) is 4.90 Å². The molecule has 10 nitrogen and oxygen atoms in total. The Morgan fingerprint density at radius 1 is 1.00 bits per heavy atom. The predicted octanol–water partition coefficient (Wildman–Crippen LogP) is 3.37. The second-order valence-corrected chi connectivity index (χ2v) is 11.7. The molecule has 10 heteroatoms. The second kappa shape index (κ2) is 14.1. The summed E-state index contributed by atoms with van der Waals surface area (Å²) in [5.41, 5.74) is 0.0704. The van der Waals surface area contributed by atoms with Crippen molar-refractivity contribution < 1.29 is 33.4 Å². The lowest BCUT2D eigenvalue weighted by atomic mass is 10.00. The molecule has 2 N–H and O–H groups in total. The zero-order chi connectivity index (χ0) is 29.3. The fraction of sp³-hybridized carbons (Fsp3) is 0.621. The highest BCUT2D eigenvalue weighted by Crippen LogP contribution is 2.22. The molecule has 3 atom stereocenters. The van der Waals surface area contributed by atoms with E-state index in [0.717, 1.165) is 5.56 Å². The fourth-order valence-corrected chi connectivity index (χ4v) is 4.23. The number of nitrogens with zero attached hydrogens (tertiary/aromatic N) is 1. The van der Waals surface area contributed by atoms with E-state index in [4.69, 9.17) is 9.47 Å². The molecule has 0 spiro atoms. The molecule has 0 bridgehead atoms. The van der Waals surface area contributed by atoms with Gasteiger partial charge >= 0.3 is 12.1 Å². The largest absolute Gasteiger partial charge is 0.459 e. The van der Waals surface area contributed by atoms with Crippen LogP contribution in [0.15, 0.2) is 30.3 Å². The van der Waals surface area contributed by atoms with Crippen molar-refractivity contribution in [3.8, 4) is 0 Å². The molecule has 2 rings (SSSR count). The van der Waals surface area contributed by atoms with Crippen molar-refractivity contribution in [1.29, 1.82) is 0 Å². The van der Waals surface area contributed by atoms with E-state index in [9.17, 15) is 24.0 Å². The van der Waals surface area contributed by atoms with E-state index in [-0.39, 0.29) is 24.9 Å². The van der Waals surface area contributed by atoms with E-state index >= 15 is 0 Å². The summed E-state index contributed by atoms with van der Waals surface area (Å²) < 4.78 is 10.8. The zero-order valence-corrected chi connectivity index (χ0v) is 24.1. The van der Waals surface area contributed by atoms with Gasteiger partial charge in [0.05, 0.1) is 0 Å². The molecule has 1 aromatic carbocycles. The molecule has 1 saturated heterocycles. The van der Waals surface area contributed by atoms with Crippen LogP contribution in [0.5, 0.6) is 0 Å². The second-order valence-electron chi connectivity index (χ2n) is 11.7. The number of hydrogen-bond donors (Lipinski definition) is 2. The van der Waals surface area contributed by atoms with Crippen LogP contribution in [-0.2, 0) is 35.3 Å². The summed E-state index contributed by atoms with van der Waals surface area (Å²) in [4.78, 5) is 66.0. The van der Waals surface area contributed by atoms with Crippen LogP contribution in [0.3, 0.4) is 0 Å². The van der Waals surface area contributed by atoms with Crippen LogP contribution >= 0.6 is 0 Å². The molecule has 1 aliphatic rings. The van der Waals surface area contributed by atoms with Gasteiger partial charge in [-0.2, -0.15) is 0 Å². The Balaban J connectivity index is 2.08. The minimum Gasteiger partial charge on any atom is -0.459 e. The summed E-state index contributed by atoms with van der Waals surface area (Å²) in [6, 6.07) is 6.23. The third kappa shape index (κ3) is 10.00. The van der Waals surface area contributed by atoms with Gasteiger partial charge in [0.1, 0.15) is 30.3 Å². The van der Waals surface area contributed by atoms with Gasteiger partial charge in [-0.25, -0.2) is 9.59 Å². The van der Waals surface area contributed by atoms with Gasteiger partial charge in [-0.05, 0) is 57.4 Å². The highest BCUT2D eigenvalue weighted by Gasteiger charge is 2.40. The number of ether oxygens (including phenoxy) is 2. The summed E-state index contributed by atoms with van der Waals surface area (Å²) >= 11 is 0. The summed E-state index contributed by atoms with van der Waals surface area (Å²) in [5, 5.41) is 5.24. The summed E-state index contributed by atoms with van der Waals surface area (Å²) in [7, 11) is 0. The SMILES string of the molecule is CC(C)C[C@@H](NC(=O)C(=O)C1CCCN1C(=O)OC(C)(C)C)C(=O)N[C@H](C(=O)OCc1ccccc1)C(C)C. The van der Waals surface area contributed by atoms with Gasteiger partial charge in [0.25, 0.3) is 5.91 Å². The third-order valence-corrected chi connectivity index (χ3v) is 6.18. The first kappa shape index (κ1) is 31.8. The van der Waals surface area contributed by atoms with E-state index in [1.807, 2.05) is 44.2 Å². The highest BCUT2D eigenvalue weighted by atomic mass is 16.6. The molecule has 0 aliphatic carbocycles. The van der Waals surface area contributed by atoms with Gasteiger partial charge < -0.3 is 20.1 Å². The number of hydrogen-bond acceptors (Lipinski definition) is 7. The van der Waals surface area contributed by atoms with Gasteiger partial charge in [-0.15, -0.1) is 0 Å². The highest BCUT2D eigenvalue weighted by molar-refractivity contribution is 6.38. The number of benzene rings is 1. The van der Waals surface area contributed by atoms with E-state index < -0.39 is 53.4 Å². The van der Waals surface area contributed by atoms with E-state index in [1.54, 1.807) is 34.6 Å². The number of carbonyl (C=O) groups excluding carboxylic acids is 5. The summed E-state index contributed by atoms with van der Waals surface area (Å²) in [5.74, 6) is -3.22. The first-order valence-corrected chi connectivity index (χ1v) is 13.5. The Kier molecular flexibility index (Phi) is 11.5. The van der Waals surface area contributed by atoms with Crippen LogP contribution in [-0.4, -0.2) is 64.8 Å². The van der Waals surface area contributed by atoms with Crippen LogP contribution in [0, 0.1) is 11.8 Å². The van der Waals surface area contributed by atoms with Crippen molar-refractivity contribution in [2.45, 2.75) is 98.1 Å². The van der Waals surface area contributed by atoms with Gasteiger partial charge in [-0.1, -0.05) is 58.0 Å². The normalized spacial score (nSPS) is 16.9. The van der Waals surface area contributed by atoms with Crippen LogP contribution in [0.2, 0.25) is 0 Å². The lowest BCUT2D eigenvalue weighted by molar-refractivity contribution is -0.151. The van der Waals surface area contributed by atoms with Gasteiger partial charge in [-0.3, -0.25) is 19.3 Å². The average molecular weight is 546 g/mol. The van der Waals surface area contributed by atoms with Crippen molar-refractivity contribution in [3.05, 3.63) is 35.9 Å². The van der Waals surface area contributed by atoms with Crippen molar-refractivity contribution in [3.63, 3.8) is 0 Å². The molecule has 0 saturated carbocycles. The topological polar surface area (TPSA) is 131 Å². The van der Waals surface area contributed by atoms with Crippen LogP contribution in [0.1, 0.15) is 73.3 Å².